The summed E-state index contributed by atoms with van der Waals surface area (Å²) in [6, 6.07) is 5.59. The number of likely N-dealkylation sites (N-methyl/N-ethyl adjacent to an activating group) is 1. The highest BCUT2D eigenvalue weighted by Gasteiger charge is 2.22. The van der Waals surface area contributed by atoms with Crippen molar-refractivity contribution in [2.24, 2.45) is 0 Å². The van der Waals surface area contributed by atoms with Crippen LogP contribution in [0.25, 0.3) is 11.5 Å². The molecule has 0 atom stereocenters. The van der Waals surface area contributed by atoms with Crippen molar-refractivity contribution in [2.45, 2.75) is 26.4 Å². The molecule has 4 heterocycles. The number of fused-ring (bicyclic) bond motifs is 1. The third kappa shape index (κ3) is 3.15. The van der Waals surface area contributed by atoms with Crippen molar-refractivity contribution in [3.63, 3.8) is 0 Å². The van der Waals surface area contributed by atoms with E-state index in [1.165, 1.54) is 5.56 Å². The number of furan rings is 1. The van der Waals surface area contributed by atoms with Crippen molar-refractivity contribution in [2.75, 3.05) is 25.0 Å². The molecule has 0 unspecified atom stereocenters. The van der Waals surface area contributed by atoms with Crippen molar-refractivity contribution in [3.8, 4) is 11.5 Å². The zero-order chi connectivity index (χ0) is 17.2. The minimum Gasteiger partial charge on any atom is -0.461 e. The van der Waals surface area contributed by atoms with Crippen LogP contribution in [0, 0.1) is 0 Å². The Morgan fingerprint density at radius 1 is 1.28 bits per heavy atom. The van der Waals surface area contributed by atoms with Crippen LogP contribution in [0.2, 0.25) is 0 Å². The number of hydrogen-bond donors (Lipinski definition) is 0. The molecule has 0 spiro atoms. The van der Waals surface area contributed by atoms with Crippen molar-refractivity contribution >= 4 is 5.82 Å². The first kappa shape index (κ1) is 15.8. The van der Waals surface area contributed by atoms with Gasteiger partial charge in [-0.2, -0.15) is 0 Å². The van der Waals surface area contributed by atoms with Crippen LogP contribution in [-0.4, -0.2) is 40.2 Å². The molecule has 0 aliphatic carbocycles. The Bertz CT molecular complexity index is 843. The van der Waals surface area contributed by atoms with Crippen LogP contribution in [0.15, 0.2) is 39.7 Å². The fourth-order valence-corrected chi connectivity index (χ4v) is 3.22. The van der Waals surface area contributed by atoms with E-state index in [-0.39, 0.29) is 0 Å². The molecule has 0 bridgehead atoms. The van der Waals surface area contributed by atoms with Gasteiger partial charge in [-0.25, -0.2) is 9.97 Å². The standard InChI is InChI=1S/C18H21N5O2/c1-3-23-7-6-15-14(11-23)18(20-12-19-15)22(2)10-13-9-17(25-21-13)16-5-4-8-24-16/h4-5,8-9,12H,3,6-7,10-11H2,1-2H3. The fraction of sp³-hybridized carbons (Fsp3) is 0.389. The smallest absolute Gasteiger partial charge is 0.202 e. The second-order valence-electron chi connectivity index (χ2n) is 6.26. The molecule has 0 saturated carbocycles. The van der Waals surface area contributed by atoms with E-state index >= 15 is 0 Å². The largest absolute Gasteiger partial charge is 0.461 e. The maximum absolute atomic E-state index is 5.38. The normalized spacial score (nSPS) is 14.5. The van der Waals surface area contributed by atoms with Gasteiger partial charge in [0.15, 0.2) is 5.76 Å². The molecule has 25 heavy (non-hydrogen) atoms. The summed E-state index contributed by atoms with van der Waals surface area (Å²) in [5.41, 5.74) is 3.20. The third-order valence-electron chi connectivity index (χ3n) is 4.59. The SMILES string of the molecule is CCN1CCc2ncnc(N(C)Cc3cc(-c4ccco4)on3)c2C1. The van der Waals surface area contributed by atoms with E-state index in [0.717, 1.165) is 43.3 Å². The summed E-state index contributed by atoms with van der Waals surface area (Å²) in [5.74, 6) is 2.28. The maximum atomic E-state index is 5.38. The Balaban J connectivity index is 1.55. The molecule has 0 N–H and O–H groups in total. The van der Waals surface area contributed by atoms with Gasteiger partial charge in [0.2, 0.25) is 5.76 Å². The Labute approximate surface area is 146 Å². The summed E-state index contributed by atoms with van der Waals surface area (Å²) < 4.78 is 10.7. The van der Waals surface area contributed by atoms with E-state index in [1.807, 2.05) is 25.2 Å². The second-order valence-corrected chi connectivity index (χ2v) is 6.26. The topological polar surface area (TPSA) is 71.4 Å². The first-order valence-electron chi connectivity index (χ1n) is 8.50. The molecule has 130 valence electrons. The maximum Gasteiger partial charge on any atom is 0.202 e. The van der Waals surface area contributed by atoms with Crippen LogP contribution in [0.5, 0.6) is 0 Å². The lowest BCUT2D eigenvalue weighted by Crippen LogP contribution is -2.33. The first-order valence-corrected chi connectivity index (χ1v) is 8.50. The van der Waals surface area contributed by atoms with Crippen LogP contribution in [0.3, 0.4) is 0 Å². The predicted octanol–water partition coefficient (Wildman–Crippen LogP) is 2.74. The highest BCUT2D eigenvalue weighted by atomic mass is 16.5. The minimum atomic E-state index is 0.611. The number of aromatic nitrogens is 3. The van der Waals surface area contributed by atoms with E-state index in [2.05, 4.69) is 31.8 Å². The lowest BCUT2D eigenvalue weighted by atomic mass is 10.1. The number of anilines is 1. The van der Waals surface area contributed by atoms with Gasteiger partial charge in [0.1, 0.15) is 17.8 Å². The molecule has 3 aromatic heterocycles. The van der Waals surface area contributed by atoms with Gasteiger partial charge in [0.25, 0.3) is 0 Å². The van der Waals surface area contributed by atoms with E-state index in [1.54, 1.807) is 12.6 Å². The van der Waals surface area contributed by atoms with Gasteiger partial charge in [0, 0.05) is 38.2 Å². The Hall–Kier alpha value is -2.67. The summed E-state index contributed by atoms with van der Waals surface area (Å²) >= 11 is 0. The molecule has 7 nitrogen and oxygen atoms in total. The predicted molar refractivity (Wildman–Crippen MR) is 93.0 cm³/mol. The lowest BCUT2D eigenvalue weighted by molar-refractivity contribution is 0.265. The van der Waals surface area contributed by atoms with Gasteiger partial charge >= 0.3 is 0 Å². The molecule has 0 amide bonds. The quantitative estimate of drug-likeness (QED) is 0.708. The molecule has 1 aliphatic rings. The average molecular weight is 339 g/mol. The van der Waals surface area contributed by atoms with Crippen LogP contribution in [0.4, 0.5) is 5.82 Å². The van der Waals surface area contributed by atoms with Gasteiger partial charge in [0.05, 0.1) is 18.5 Å². The van der Waals surface area contributed by atoms with Gasteiger partial charge in [-0.15, -0.1) is 0 Å². The summed E-state index contributed by atoms with van der Waals surface area (Å²) in [4.78, 5) is 13.5. The Morgan fingerprint density at radius 3 is 3.00 bits per heavy atom. The minimum absolute atomic E-state index is 0.611. The first-order chi connectivity index (χ1) is 12.2. The van der Waals surface area contributed by atoms with Gasteiger partial charge in [-0.05, 0) is 18.7 Å². The summed E-state index contributed by atoms with van der Waals surface area (Å²) in [5, 5.41) is 4.15. The Kier molecular flexibility index (Phi) is 4.23. The molecular weight excluding hydrogens is 318 g/mol. The van der Waals surface area contributed by atoms with Gasteiger partial charge in [-0.3, -0.25) is 4.90 Å². The third-order valence-corrected chi connectivity index (χ3v) is 4.59. The van der Waals surface area contributed by atoms with Gasteiger partial charge in [-0.1, -0.05) is 12.1 Å². The monoisotopic (exact) mass is 339 g/mol. The molecule has 1 aliphatic heterocycles. The molecule has 7 heteroatoms. The molecular formula is C18H21N5O2. The van der Waals surface area contributed by atoms with Crippen molar-refractivity contribution in [3.05, 3.63) is 47.7 Å². The highest BCUT2D eigenvalue weighted by Crippen LogP contribution is 2.27. The molecule has 0 radical (unpaired) electrons. The van der Waals surface area contributed by atoms with Crippen molar-refractivity contribution in [1.82, 2.24) is 20.0 Å². The number of rotatable bonds is 5. The molecule has 4 rings (SSSR count). The zero-order valence-corrected chi connectivity index (χ0v) is 14.5. The lowest BCUT2D eigenvalue weighted by Gasteiger charge is -2.30. The second kappa shape index (κ2) is 6.68. The van der Waals surface area contributed by atoms with Crippen LogP contribution in [0.1, 0.15) is 23.9 Å². The van der Waals surface area contributed by atoms with Crippen molar-refractivity contribution < 1.29 is 8.94 Å². The van der Waals surface area contributed by atoms with Crippen LogP contribution >= 0.6 is 0 Å². The van der Waals surface area contributed by atoms with Gasteiger partial charge < -0.3 is 13.8 Å². The average Bonchev–Trinajstić information content (AvgIpc) is 3.32. The van der Waals surface area contributed by atoms with Crippen LogP contribution < -0.4 is 4.90 Å². The molecule has 0 fully saturated rings. The number of nitrogens with zero attached hydrogens (tertiary/aromatic N) is 5. The molecule has 0 aromatic carbocycles. The van der Waals surface area contributed by atoms with E-state index in [9.17, 15) is 0 Å². The van der Waals surface area contributed by atoms with Crippen molar-refractivity contribution in [1.29, 1.82) is 0 Å². The molecule has 3 aromatic rings. The molecule has 0 saturated heterocycles. The van der Waals surface area contributed by atoms with E-state index in [0.29, 0.717) is 18.1 Å². The highest BCUT2D eigenvalue weighted by molar-refractivity contribution is 5.51. The fourth-order valence-electron chi connectivity index (χ4n) is 3.22. The number of hydrogen-bond acceptors (Lipinski definition) is 7. The zero-order valence-electron chi connectivity index (χ0n) is 14.5. The van der Waals surface area contributed by atoms with E-state index < -0.39 is 0 Å². The summed E-state index contributed by atoms with van der Waals surface area (Å²) in [6.07, 6.45) is 4.25. The summed E-state index contributed by atoms with van der Waals surface area (Å²) in [7, 11) is 2.02. The Morgan fingerprint density at radius 2 is 2.20 bits per heavy atom. The van der Waals surface area contributed by atoms with Crippen LogP contribution in [-0.2, 0) is 19.5 Å². The summed E-state index contributed by atoms with van der Waals surface area (Å²) in [6.45, 7) is 5.78. The van der Waals surface area contributed by atoms with E-state index in [4.69, 9.17) is 8.94 Å².